The molecule has 1 aliphatic carbocycles. The molecule has 1 aliphatic rings. The number of ether oxygens (including phenoxy) is 1. The van der Waals surface area contributed by atoms with Crippen LogP contribution in [0.1, 0.15) is 80.0 Å². The van der Waals surface area contributed by atoms with E-state index in [2.05, 4.69) is 79.8 Å². The Kier molecular flexibility index (Phi) is 8.11. The Morgan fingerprint density at radius 1 is 0.786 bits per heavy atom. The predicted octanol–water partition coefficient (Wildman–Crippen LogP) is 7.64. The van der Waals surface area contributed by atoms with Crippen molar-refractivity contribution in [2.45, 2.75) is 64.4 Å². The Balaban J connectivity index is 1.47. The Bertz CT molecular complexity index is 744. The van der Waals surface area contributed by atoms with E-state index in [1.54, 1.807) is 0 Å². The van der Waals surface area contributed by atoms with Gasteiger partial charge in [-0.05, 0) is 80.0 Å². The highest BCUT2D eigenvalue weighted by Gasteiger charge is 2.23. The monoisotopic (exact) mass is 374 g/mol. The summed E-state index contributed by atoms with van der Waals surface area (Å²) in [7, 11) is 0. The Morgan fingerprint density at radius 2 is 1.36 bits per heavy atom. The number of hydrogen-bond donors (Lipinski definition) is 0. The molecule has 0 atom stereocenters. The van der Waals surface area contributed by atoms with Crippen LogP contribution in [0.15, 0.2) is 66.8 Å². The van der Waals surface area contributed by atoms with Crippen LogP contribution in [0.3, 0.4) is 0 Å². The van der Waals surface area contributed by atoms with Crippen molar-refractivity contribution in [2.24, 2.45) is 0 Å². The highest BCUT2D eigenvalue weighted by molar-refractivity contribution is 5.49. The smallest absolute Gasteiger partial charge is 0.0717 e. The zero-order chi connectivity index (χ0) is 19.6. The molecule has 28 heavy (non-hydrogen) atoms. The first-order valence-electron chi connectivity index (χ1n) is 10.8. The van der Waals surface area contributed by atoms with Crippen molar-refractivity contribution in [1.82, 2.24) is 0 Å². The Morgan fingerprint density at radius 3 is 1.89 bits per heavy atom. The molecule has 0 unspecified atom stereocenters. The first kappa shape index (κ1) is 20.6. The molecule has 148 valence electrons. The fourth-order valence-electron chi connectivity index (χ4n) is 4.23. The van der Waals surface area contributed by atoms with E-state index in [1.165, 1.54) is 47.9 Å². The van der Waals surface area contributed by atoms with Crippen LogP contribution in [0.2, 0.25) is 0 Å². The molecule has 0 N–H and O–H groups in total. The second-order valence-electron chi connectivity index (χ2n) is 7.87. The number of allylic oxidation sites excluding steroid dienone is 2. The third kappa shape index (κ3) is 5.94. The van der Waals surface area contributed by atoms with Crippen molar-refractivity contribution in [2.75, 3.05) is 6.61 Å². The topological polar surface area (TPSA) is 9.23 Å². The van der Waals surface area contributed by atoms with E-state index < -0.39 is 0 Å². The van der Waals surface area contributed by atoms with Crippen molar-refractivity contribution in [3.8, 4) is 0 Å². The van der Waals surface area contributed by atoms with Crippen LogP contribution in [0.4, 0.5) is 0 Å². The summed E-state index contributed by atoms with van der Waals surface area (Å²) >= 11 is 0. The molecule has 2 aromatic rings. The quantitative estimate of drug-likeness (QED) is 0.341. The zero-order valence-electron chi connectivity index (χ0n) is 17.4. The maximum Gasteiger partial charge on any atom is 0.0717 e. The molecule has 0 radical (unpaired) electrons. The summed E-state index contributed by atoms with van der Waals surface area (Å²) in [6.45, 7) is 5.63. The highest BCUT2D eigenvalue weighted by atomic mass is 16.5. The molecule has 2 aromatic carbocycles. The van der Waals surface area contributed by atoms with Crippen LogP contribution in [0.25, 0.3) is 6.08 Å². The lowest BCUT2D eigenvalue weighted by atomic mass is 9.76. The van der Waals surface area contributed by atoms with E-state index in [1.807, 2.05) is 6.92 Å². The molecule has 0 aromatic heterocycles. The first-order chi connectivity index (χ1) is 13.8. The summed E-state index contributed by atoms with van der Waals surface area (Å²) in [5.41, 5.74) is 5.58. The van der Waals surface area contributed by atoms with E-state index in [9.17, 15) is 0 Å². The highest BCUT2D eigenvalue weighted by Crippen LogP contribution is 2.40. The first-order valence-corrected chi connectivity index (χ1v) is 10.8. The minimum Gasteiger partial charge on any atom is -0.376 e. The average Bonchev–Trinajstić information content (AvgIpc) is 2.75. The van der Waals surface area contributed by atoms with Gasteiger partial charge >= 0.3 is 0 Å². The lowest BCUT2D eigenvalue weighted by Gasteiger charge is -2.29. The molecular formula is C27H34O. The van der Waals surface area contributed by atoms with Gasteiger partial charge in [-0.25, -0.2) is 0 Å². The van der Waals surface area contributed by atoms with Gasteiger partial charge in [0.2, 0.25) is 0 Å². The number of benzene rings is 2. The van der Waals surface area contributed by atoms with Gasteiger partial charge in [-0.3, -0.25) is 0 Å². The molecule has 0 amide bonds. The molecule has 1 nitrogen and oxygen atoms in total. The Labute approximate surface area is 171 Å². The standard InChI is InChI=1S/C27H34O/c1-3-5-6-20-28-21-23-10-14-25(15-11-23)27-18-16-26(17-19-27)24-12-8-22(7-4-2)9-13-24/h3-5,7-15,26-27H,6,16-21H2,1-2H3/b5-3+,7-4-/t26-,27-. The van der Waals surface area contributed by atoms with Gasteiger partial charge in [-0.1, -0.05) is 72.8 Å². The minimum absolute atomic E-state index is 0.711. The van der Waals surface area contributed by atoms with Crippen molar-refractivity contribution in [3.63, 3.8) is 0 Å². The molecule has 1 saturated carbocycles. The van der Waals surface area contributed by atoms with E-state index >= 15 is 0 Å². The molecule has 3 rings (SSSR count). The van der Waals surface area contributed by atoms with E-state index in [0.29, 0.717) is 12.5 Å². The molecule has 1 heteroatoms. The second-order valence-corrected chi connectivity index (χ2v) is 7.87. The van der Waals surface area contributed by atoms with Crippen LogP contribution in [0.5, 0.6) is 0 Å². The summed E-state index contributed by atoms with van der Waals surface area (Å²) in [5, 5.41) is 0. The molecule has 0 aliphatic heterocycles. The van der Waals surface area contributed by atoms with Gasteiger partial charge in [0.25, 0.3) is 0 Å². The molecule has 0 saturated heterocycles. The summed E-state index contributed by atoms with van der Waals surface area (Å²) in [6, 6.07) is 18.3. The van der Waals surface area contributed by atoms with Crippen LogP contribution < -0.4 is 0 Å². The van der Waals surface area contributed by atoms with Gasteiger partial charge in [-0.15, -0.1) is 0 Å². The molecule has 0 spiro atoms. The van der Waals surface area contributed by atoms with Gasteiger partial charge in [0.05, 0.1) is 13.2 Å². The van der Waals surface area contributed by atoms with Crippen molar-refractivity contribution < 1.29 is 4.74 Å². The van der Waals surface area contributed by atoms with Crippen LogP contribution in [-0.4, -0.2) is 6.61 Å². The lowest BCUT2D eigenvalue weighted by molar-refractivity contribution is 0.125. The van der Waals surface area contributed by atoms with Gasteiger partial charge in [0.1, 0.15) is 0 Å². The number of rotatable bonds is 8. The van der Waals surface area contributed by atoms with Crippen molar-refractivity contribution in [1.29, 1.82) is 0 Å². The van der Waals surface area contributed by atoms with Crippen molar-refractivity contribution in [3.05, 3.63) is 89.0 Å². The molecule has 0 heterocycles. The SMILES string of the molecule is C/C=C\c1ccc([C@H]2CC[C@H](c3ccc(COCC/C=C/C)cc3)CC2)cc1. The third-order valence-electron chi connectivity index (χ3n) is 5.88. The average molecular weight is 375 g/mol. The third-order valence-corrected chi connectivity index (χ3v) is 5.88. The zero-order valence-corrected chi connectivity index (χ0v) is 17.4. The fourth-order valence-corrected chi connectivity index (χ4v) is 4.23. The van der Waals surface area contributed by atoms with Gasteiger partial charge in [0, 0.05) is 0 Å². The van der Waals surface area contributed by atoms with E-state index in [-0.39, 0.29) is 0 Å². The lowest BCUT2D eigenvalue weighted by Crippen LogP contribution is -2.12. The van der Waals surface area contributed by atoms with Crippen molar-refractivity contribution >= 4 is 6.08 Å². The van der Waals surface area contributed by atoms with Gasteiger partial charge < -0.3 is 4.74 Å². The fraction of sp³-hybridized carbons (Fsp3) is 0.407. The summed E-state index contributed by atoms with van der Waals surface area (Å²) in [6.07, 6.45) is 14.7. The van der Waals surface area contributed by atoms with E-state index in [4.69, 9.17) is 4.74 Å². The second kappa shape index (κ2) is 11.0. The largest absolute Gasteiger partial charge is 0.376 e. The van der Waals surface area contributed by atoms with E-state index in [0.717, 1.165) is 18.9 Å². The van der Waals surface area contributed by atoms with Gasteiger partial charge in [0.15, 0.2) is 0 Å². The predicted molar refractivity (Wildman–Crippen MR) is 121 cm³/mol. The van der Waals surface area contributed by atoms with Crippen LogP contribution in [-0.2, 0) is 11.3 Å². The molecule has 0 bridgehead atoms. The minimum atomic E-state index is 0.711. The maximum atomic E-state index is 5.74. The normalized spacial score (nSPS) is 20.2. The number of hydrogen-bond acceptors (Lipinski definition) is 1. The summed E-state index contributed by atoms with van der Waals surface area (Å²) in [5.74, 6) is 1.43. The Hall–Kier alpha value is -2.12. The van der Waals surface area contributed by atoms with Crippen LogP contribution in [0, 0.1) is 0 Å². The maximum absolute atomic E-state index is 5.74. The summed E-state index contributed by atoms with van der Waals surface area (Å²) < 4.78 is 5.74. The van der Waals surface area contributed by atoms with Gasteiger partial charge in [-0.2, -0.15) is 0 Å². The molecular weight excluding hydrogens is 340 g/mol. The summed E-state index contributed by atoms with van der Waals surface area (Å²) in [4.78, 5) is 0. The molecule has 1 fully saturated rings. The van der Waals surface area contributed by atoms with Crippen LogP contribution >= 0.6 is 0 Å².